The van der Waals surface area contributed by atoms with Crippen molar-refractivity contribution in [2.24, 2.45) is 17.8 Å². The number of carbonyl (C=O) groups is 1. The van der Waals surface area contributed by atoms with Crippen molar-refractivity contribution in [3.8, 4) is 0 Å². The number of halogens is 1. The predicted molar refractivity (Wildman–Crippen MR) is 92.2 cm³/mol. The summed E-state index contributed by atoms with van der Waals surface area (Å²) in [7, 11) is 0. The normalized spacial score (nSPS) is 30.0. The third kappa shape index (κ3) is 2.92. The van der Waals surface area contributed by atoms with E-state index in [9.17, 15) is 9.59 Å². The lowest BCUT2D eigenvalue weighted by atomic mass is 9.64. The quantitative estimate of drug-likeness (QED) is 0.904. The van der Waals surface area contributed by atoms with Gasteiger partial charge in [0.2, 0.25) is 5.91 Å². The van der Waals surface area contributed by atoms with E-state index in [4.69, 9.17) is 11.6 Å². The van der Waals surface area contributed by atoms with Gasteiger partial charge >= 0.3 is 0 Å². The van der Waals surface area contributed by atoms with Crippen LogP contribution in [0, 0.1) is 17.8 Å². The van der Waals surface area contributed by atoms with Crippen LogP contribution in [0.4, 0.5) is 5.69 Å². The van der Waals surface area contributed by atoms with Crippen molar-refractivity contribution in [1.29, 1.82) is 0 Å². The molecule has 7 heteroatoms. The molecule has 1 saturated heterocycles. The van der Waals surface area contributed by atoms with Crippen LogP contribution in [0.1, 0.15) is 32.1 Å². The molecule has 0 radical (unpaired) electrons. The first-order valence-corrected chi connectivity index (χ1v) is 9.25. The molecule has 1 atom stereocenters. The number of carbonyl (C=O) groups excluding carboxylic acids is 1. The minimum atomic E-state index is -0.415. The molecule has 2 bridgehead atoms. The van der Waals surface area contributed by atoms with Gasteiger partial charge in [-0.3, -0.25) is 9.59 Å². The van der Waals surface area contributed by atoms with Crippen LogP contribution < -0.4 is 10.5 Å². The van der Waals surface area contributed by atoms with Gasteiger partial charge in [-0.05, 0) is 37.0 Å². The van der Waals surface area contributed by atoms with Crippen molar-refractivity contribution in [1.82, 2.24) is 15.1 Å². The van der Waals surface area contributed by atoms with Gasteiger partial charge in [-0.15, -0.1) is 0 Å². The van der Waals surface area contributed by atoms with Crippen LogP contribution in [0.3, 0.4) is 0 Å². The van der Waals surface area contributed by atoms with Crippen LogP contribution in [0.2, 0.25) is 5.02 Å². The van der Waals surface area contributed by atoms with Crippen LogP contribution >= 0.6 is 11.6 Å². The highest BCUT2D eigenvalue weighted by molar-refractivity contribution is 6.33. The van der Waals surface area contributed by atoms with Gasteiger partial charge in [0, 0.05) is 19.6 Å². The molecule has 1 aliphatic heterocycles. The summed E-state index contributed by atoms with van der Waals surface area (Å²) in [5, 5.41) is 6.21. The van der Waals surface area contributed by atoms with E-state index in [-0.39, 0.29) is 17.5 Å². The smallest absolute Gasteiger partial charge is 0.285 e. The number of nitrogens with one attached hydrogen (secondary N) is 1. The Morgan fingerprint density at radius 3 is 2.67 bits per heavy atom. The lowest BCUT2D eigenvalue weighted by Gasteiger charge is -2.45. The number of H-pyrrole nitrogens is 1. The van der Waals surface area contributed by atoms with E-state index in [1.165, 1.54) is 38.3 Å². The highest BCUT2D eigenvalue weighted by Crippen LogP contribution is 2.45. The summed E-state index contributed by atoms with van der Waals surface area (Å²) < 4.78 is 0. The monoisotopic (exact) mass is 350 g/mol. The maximum atomic E-state index is 12.6. The third-order valence-electron chi connectivity index (χ3n) is 6.09. The maximum absolute atomic E-state index is 12.6. The third-order valence-corrected chi connectivity index (χ3v) is 6.45. The summed E-state index contributed by atoms with van der Waals surface area (Å²) in [4.78, 5) is 28.0. The second kappa shape index (κ2) is 6.39. The Kier molecular flexibility index (Phi) is 4.24. The van der Waals surface area contributed by atoms with E-state index in [0.717, 1.165) is 18.4 Å². The molecule has 1 aromatic rings. The van der Waals surface area contributed by atoms with Gasteiger partial charge in [0.1, 0.15) is 5.02 Å². The molecule has 0 aromatic carbocycles. The Bertz CT molecular complexity index is 683. The number of aromatic amines is 1. The molecule has 3 saturated carbocycles. The fourth-order valence-electron chi connectivity index (χ4n) is 4.72. The molecule has 130 valence electrons. The van der Waals surface area contributed by atoms with Gasteiger partial charge in [-0.1, -0.05) is 24.4 Å². The van der Waals surface area contributed by atoms with Crippen LogP contribution in [-0.2, 0) is 4.79 Å². The lowest BCUT2D eigenvalue weighted by Crippen LogP contribution is -2.53. The highest BCUT2D eigenvalue weighted by Gasteiger charge is 2.37. The SMILES string of the molecule is O=C1CN(c2cn[nH]c(=O)c2Cl)CCN1CC1CC2CCC1CC2. The molecule has 1 aromatic heterocycles. The Morgan fingerprint density at radius 2 is 2.00 bits per heavy atom. The van der Waals surface area contributed by atoms with Crippen LogP contribution in [0.25, 0.3) is 0 Å². The molecule has 5 rings (SSSR count). The summed E-state index contributed by atoms with van der Waals surface area (Å²) in [6.45, 7) is 2.55. The summed E-state index contributed by atoms with van der Waals surface area (Å²) >= 11 is 6.06. The number of anilines is 1. The van der Waals surface area contributed by atoms with Gasteiger partial charge in [-0.25, -0.2) is 5.10 Å². The molecule has 2 heterocycles. The minimum absolute atomic E-state index is 0.107. The largest absolute Gasteiger partial charge is 0.358 e. The summed E-state index contributed by atoms with van der Waals surface area (Å²) in [6, 6.07) is 0. The molecule has 4 aliphatic rings. The van der Waals surface area contributed by atoms with Crippen LogP contribution in [0.15, 0.2) is 11.0 Å². The fourth-order valence-corrected chi connectivity index (χ4v) is 4.93. The van der Waals surface area contributed by atoms with E-state index >= 15 is 0 Å². The van der Waals surface area contributed by atoms with E-state index in [1.807, 2.05) is 9.80 Å². The molecule has 4 fully saturated rings. The average molecular weight is 351 g/mol. The molecular formula is C17H23ClN4O2. The van der Waals surface area contributed by atoms with Gasteiger partial charge in [-0.2, -0.15) is 5.10 Å². The van der Waals surface area contributed by atoms with Crippen molar-refractivity contribution >= 4 is 23.2 Å². The van der Waals surface area contributed by atoms with Gasteiger partial charge in [0.25, 0.3) is 5.56 Å². The number of rotatable bonds is 3. The highest BCUT2D eigenvalue weighted by atomic mass is 35.5. The van der Waals surface area contributed by atoms with Gasteiger partial charge in [0.05, 0.1) is 18.4 Å². The van der Waals surface area contributed by atoms with Crippen LogP contribution in [-0.4, -0.2) is 47.2 Å². The summed E-state index contributed by atoms with van der Waals surface area (Å²) in [5.74, 6) is 2.50. The fraction of sp³-hybridized carbons (Fsp3) is 0.706. The summed E-state index contributed by atoms with van der Waals surface area (Å²) in [6.07, 6.45) is 8.28. The summed E-state index contributed by atoms with van der Waals surface area (Å²) in [5.41, 5.74) is 0.132. The van der Waals surface area contributed by atoms with Gasteiger partial charge in [0.15, 0.2) is 0 Å². The molecule has 1 amide bonds. The number of amides is 1. The number of hydrogen-bond acceptors (Lipinski definition) is 4. The molecule has 24 heavy (non-hydrogen) atoms. The topological polar surface area (TPSA) is 69.3 Å². The molecule has 1 unspecified atom stereocenters. The lowest BCUT2D eigenvalue weighted by molar-refractivity contribution is -0.132. The van der Waals surface area contributed by atoms with Crippen molar-refractivity contribution in [2.45, 2.75) is 32.1 Å². The number of hydrogen-bond donors (Lipinski definition) is 1. The zero-order valence-electron chi connectivity index (χ0n) is 13.7. The van der Waals surface area contributed by atoms with Crippen molar-refractivity contribution < 1.29 is 4.79 Å². The van der Waals surface area contributed by atoms with E-state index in [2.05, 4.69) is 10.2 Å². The molecule has 3 aliphatic carbocycles. The predicted octanol–water partition coefficient (Wildman–Crippen LogP) is 1.90. The Labute approximate surface area is 146 Å². The number of fused-ring (bicyclic) bond motifs is 3. The Hall–Kier alpha value is -1.56. The Morgan fingerprint density at radius 1 is 1.21 bits per heavy atom. The second-order valence-electron chi connectivity index (χ2n) is 7.44. The van der Waals surface area contributed by atoms with Crippen molar-refractivity contribution in [3.05, 3.63) is 21.6 Å². The molecule has 6 nitrogen and oxygen atoms in total. The average Bonchev–Trinajstić information content (AvgIpc) is 2.60. The standard InChI is InChI=1S/C17H23ClN4O2/c18-16-14(8-19-20-17(16)24)21-5-6-22(15(23)10-21)9-13-7-11-1-3-12(13)4-2-11/h8,11-13H,1-7,9-10H2,(H,20,24). The number of aromatic nitrogens is 2. The zero-order chi connectivity index (χ0) is 16.7. The maximum Gasteiger partial charge on any atom is 0.285 e. The van der Waals surface area contributed by atoms with E-state index < -0.39 is 5.56 Å². The number of piperazine rings is 1. The van der Waals surface area contributed by atoms with E-state index in [1.54, 1.807) is 0 Å². The van der Waals surface area contributed by atoms with E-state index in [0.29, 0.717) is 24.7 Å². The zero-order valence-corrected chi connectivity index (χ0v) is 14.5. The first-order valence-electron chi connectivity index (χ1n) is 8.87. The molecule has 1 N–H and O–H groups in total. The van der Waals surface area contributed by atoms with Crippen molar-refractivity contribution in [2.75, 3.05) is 31.1 Å². The molecule has 0 spiro atoms. The Balaban J connectivity index is 1.41. The first-order chi connectivity index (χ1) is 11.6. The minimum Gasteiger partial charge on any atom is -0.358 e. The number of nitrogens with zero attached hydrogens (tertiary/aromatic N) is 3. The van der Waals surface area contributed by atoms with Crippen molar-refractivity contribution in [3.63, 3.8) is 0 Å². The first kappa shape index (κ1) is 15.9. The van der Waals surface area contributed by atoms with Gasteiger partial charge < -0.3 is 9.80 Å². The molecular weight excluding hydrogens is 328 g/mol. The van der Waals surface area contributed by atoms with Crippen LogP contribution in [0.5, 0.6) is 0 Å². The second-order valence-corrected chi connectivity index (χ2v) is 7.81.